The summed E-state index contributed by atoms with van der Waals surface area (Å²) in [5.74, 6) is 0.464. The quantitative estimate of drug-likeness (QED) is 0.693. The topological polar surface area (TPSA) is 48.1 Å². The molecule has 0 aliphatic carbocycles. The first-order chi connectivity index (χ1) is 12.7. The summed E-state index contributed by atoms with van der Waals surface area (Å²) in [4.78, 5) is 19.3. The lowest BCUT2D eigenvalue weighted by Crippen LogP contribution is -2.44. The SMILES string of the molecule is C[C@@H](NC[C@@H](c1cccs1)c1c[nH]c2ccccc12)C(=O)N1CCCC1. The maximum atomic E-state index is 12.6. The molecule has 0 unspecified atom stereocenters. The number of fused-ring (bicyclic) bond motifs is 1. The van der Waals surface area contributed by atoms with Gasteiger partial charge in [-0.05, 0) is 42.8 Å². The Balaban J connectivity index is 1.54. The van der Waals surface area contributed by atoms with Crippen LogP contribution < -0.4 is 5.32 Å². The Morgan fingerprint density at radius 3 is 2.81 bits per heavy atom. The lowest BCUT2D eigenvalue weighted by Gasteiger charge is -2.23. The minimum atomic E-state index is -0.152. The van der Waals surface area contributed by atoms with Gasteiger partial charge in [0.15, 0.2) is 0 Å². The third kappa shape index (κ3) is 3.41. The summed E-state index contributed by atoms with van der Waals surface area (Å²) in [5, 5.41) is 6.88. The average molecular weight is 368 g/mol. The van der Waals surface area contributed by atoms with E-state index in [2.05, 4.69) is 58.3 Å². The molecule has 1 aliphatic rings. The fourth-order valence-corrected chi connectivity index (χ4v) is 4.67. The number of aromatic nitrogens is 1. The summed E-state index contributed by atoms with van der Waals surface area (Å²) < 4.78 is 0. The van der Waals surface area contributed by atoms with Crippen LogP contribution in [0.15, 0.2) is 48.0 Å². The number of amides is 1. The van der Waals surface area contributed by atoms with Crippen molar-refractivity contribution in [2.24, 2.45) is 0 Å². The van der Waals surface area contributed by atoms with Crippen LogP contribution in [0.2, 0.25) is 0 Å². The number of carbonyl (C=O) groups is 1. The molecule has 2 atom stereocenters. The number of nitrogens with one attached hydrogen (secondary N) is 2. The molecule has 26 heavy (non-hydrogen) atoms. The van der Waals surface area contributed by atoms with Gasteiger partial charge in [-0.1, -0.05) is 24.3 Å². The van der Waals surface area contributed by atoms with E-state index in [1.54, 1.807) is 11.3 Å². The third-order valence-corrected chi connectivity index (χ3v) is 6.29. The van der Waals surface area contributed by atoms with Gasteiger partial charge in [0.25, 0.3) is 0 Å². The second-order valence-corrected chi connectivity index (χ2v) is 8.00. The summed E-state index contributed by atoms with van der Waals surface area (Å²) in [5.41, 5.74) is 2.45. The molecular formula is C21H25N3OS. The van der Waals surface area contributed by atoms with E-state index < -0.39 is 0 Å². The summed E-state index contributed by atoms with van der Waals surface area (Å²) in [6, 6.07) is 12.5. The zero-order chi connectivity index (χ0) is 17.9. The van der Waals surface area contributed by atoms with Gasteiger partial charge in [0.1, 0.15) is 0 Å². The van der Waals surface area contributed by atoms with E-state index in [1.807, 2.05) is 11.8 Å². The molecule has 0 saturated carbocycles. The molecule has 2 aromatic heterocycles. The van der Waals surface area contributed by atoms with Gasteiger partial charge >= 0.3 is 0 Å². The van der Waals surface area contributed by atoms with Crippen LogP contribution in [0.25, 0.3) is 10.9 Å². The number of H-pyrrole nitrogens is 1. The molecule has 0 radical (unpaired) electrons. The van der Waals surface area contributed by atoms with Crippen LogP contribution in [0, 0.1) is 0 Å². The number of likely N-dealkylation sites (tertiary alicyclic amines) is 1. The van der Waals surface area contributed by atoms with Crippen molar-refractivity contribution in [3.05, 3.63) is 58.4 Å². The molecule has 3 heterocycles. The van der Waals surface area contributed by atoms with Crippen LogP contribution in [-0.2, 0) is 4.79 Å². The van der Waals surface area contributed by atoms with Crippen molar-refractivity contribution < 1.29 is 4.79 Å². The molecule has 136 valence electrons. The minimum Gasteiger partial charge on any atom is -0.361 e. The van der Waals surface area contributed by atoms with Gasteiger partial charge in [-0.2, -0.15) is 0 Å². The average Bonchev–Trinajstić information content (AvgIpc) is 3.42. The Kier molecular flexibility index (Phi) is 5.09. The molecule has 0 bridgehead atoms. The Morgan fingerprint density at radius 2 is 2.04 bits per heavy atom. The lowest BCUT2D eigenvalue weighted by molar-refractivity contribution is -0.131. The Morgan fingerprint density at radius 1 is 1.23 bits per heavy atom. The van der Waals surface area contributed by atoms with E-state index in [4.69, 9.17) is 0 Å². The highest BCUT2D eigenvalue weighted by Crippen LogP contribution is 2.32. The van der Waals surface area contributed by atoms with Crippen molar-refractivity contribution in [3.63, 3.8) is 0 Å². The van der Waals surface area contributed by atoms with Gasteiger partial charge in [-0.15, -0.1) is 11.3 Å². The smallest absolute Gasteiger partial charge is 0.239 e. The molecule has 4 nitrogen and oxygen atoms in total. The molecule has 1 saturated heterocycles. The van der Waals surface area contributed by atoms with E-state index in [0.717, 1.165) is 38.0 Å². The predicted molar refractivity (Wildman–Crippen MR) is 108 cm³/mol. The largest absolute Gasteiger partial charge is 0.361 e. The number of benzene rings is 1. The van der Waals surface area contributed by atoms with Gasteiger partial charge in [0.2, 0.25) is 5.91 Å². The predicted octanol–water partition coefficient (Wildman–Crippen LogP) is 3.96. The molecule has 1 fully saturated rings. The normalized spacial score (nSPS) is 16.9. The first-order valence-corrected chi connectivity index (χ1v) is 10.2. The van der Waals surface area contributed by atoms with Crippen molar-refractivity contribution in [1.82, 2.24) is 15.2 Å². The number of hydrogen-bond acceptors (Lipinski definition) is 3. The molecular weight excluding hydrogens is 342 g/mol. The number of thiophene rings is 1. The fourth-order valence-electron chi connectivity index (χ4n) is 3.83. The highest BCUT2D eigenvalue weighted by Gasteiger charge is 2.25. The number of nitrogens with zero attached hydrogens (tertiary/aromatic N) is 1. The van der Waals surface area contributed by atoms with E-state index in [1.165, 1.54) is 15.8 Å². The van der Waals surface area contributed by atoms with E-state index >= 15 is 0 Å². The fraction of sp³-hybridized carbons (Fsp3) is 0.381. The maximum Gasteiger partial charge on any atom is 0.239 e. The number of para-hydroxylation sites is 1. The third-order valence-electron chi connectivity index (χ3n) is 5.30. The Bertz CT molecular complexity index is 864. The van der Waals surface area contributed by atoms with Gasteiger partial charge in [-0.3, -0.25) is 4.79 Å². The number of rotatable bonds is 6. The van der Waals surface area contributed by atoms with Crippen LogP contribution >= 0.6 is 11.3 Å². The maximum absolute atomic E-state index is 12.6. The molecule has 1 aromatic carbocycles. The monoisotopic (exact) mass is 367 g/mol. The van der Waals surface area contributed by atoms with Crippen molar-refractivity contribution in [1.29, 1.82) is 0 Å². The number of aromatic amines is 1. The number of hydrogen-bond donors (Lipinski definition) is 2. The summed E-state index contributed by atoms with van der Waals surface area (Å²) in [7, 11) is 0. The Labute approximate surface area is 158 Å². The summed E-state index contributed by atoms with van der Waals surface area (Å²) >= 11 is 1.77. The first-order valence-electron chi connectivity index (χ1n) is 9.35. The number of carbonyl (C=O) groups excluding carboxylic acids is 1. The second-order valence-electron chi connectivity index (χ2n) is 7.02. The molecule has 1 aliphatic heterocycles. The zero-order valence-electron chi connectivity index (χ0n) is 15.1. The molecule has 5 heteroatoms. The summed E-state index contributed by atoms with van der Waals surface area (Å²) in [6.45, 7) is 4.55. The second kappa shape index (κ2) is 7.64. The molecule has 4 rings (SSSR count). The molecule has 1 amide bonds. The standard InChI is InChI=1S/C21H25N3OS/c1-15(21(25)24-10-4-5-11-24)22-14-18(20-9-6-12-26-20)17-13-23-19-8-3-2-7-16(17)19/h2-3,6-9,12-13,15,18,22-23H,4-5,10-11,14H2,1H3/t15-,18-/m1/s1. The van der Waals surface area contributed by atoms with E-state index in [-0.39, 0.29) is 17.9 Å². The van der Waals surface area contributed by atoms with Crippen LogP contribution in [0.3, 0.4) is 0 Å². The van der Waals surface area contributed by atoms with Crippen molar-refractivity contribution in [3.8, 4) is 0 Å². The zero-order valence-corrected chi connectivity index (χ0v) is 15.9. The van der Waals surface area contributed by atoms with E-state index in [9.17, 15) is 4.79 Å². The van der Waals surface area contributed by atoms with Crippen molar-refractivity contribution in [2.75, 3.05) is 19.6 Å². The lowest BCUT2D eigenvalue weighted by atomic mass is 9.96. The minimum absolute atomic E-state index is 0.152. The molecule has 0 spiro atoms. The highest BCUT2D eigenvalue weighted by molar-refractivity contribution is 7.10. The summed E-state index contributed by atoms with van der Waals surface area (Å²) in [6.07, 6.45) is 4.38. The van der Waals surface area contributed by atoms with Crippen LogP contribution in [0.4, 0.5) is 0 Å². The van der Waals surface area contributed by atoms with Crippen LogP contribution in [-0.4, -0.2) is 41.5 Å². The van der Waals surface area contributed by atoms with Gasteiger partial charge in [0, 0.05) is 47.5 Å². The first kappa shape index (κ1) is 17.3. The van der Waals surface area contributed by atoms with Crippen LogP contribution in [0.1, 0.15) is 36.1 Å². The van der Waals surface area contributed by atoms with Gasteiger partial charge in [0.05, 0.1) is 6.04 Å². The van der Waals surface area contributed by atoms with Crippen molar-refractivity contribution >= 4 is 28.1 Å². The molecule has 2 N–H and O–H groups in total. The molecule has 3 aromatic rings. The van der Waals surface area contributed by atoms with Gasteiger partial charge in [-0.25, -0.2) is 0 Å². The van der Waals surface area contributed by atoms with Crippen molar-refractivity contribution in [2.45, 2.75) is 31.7 Å². The highest BCUT2D eigenvalue weighted by atomic mass is 32.1. The van der Waals surface area contributed by atoms with Gasteiger partial charge < -0.3 is 15.2 Å². The van der Waals surface area contributed by atoms with Crippen LogP contribution in [0.5, 0.6) is 0 Å². The Hall–Kier alpha value is -2.11. The van der Waals surface area contributed by atoms with E-state index in [0.29, 0.717) is 0 Å².